The van der Waals surface area contributed by atoms with E-state index in [1.807, 2.05) is 0 Å². The molecule has 1 atom stereocenters. The molecule has 0 saturated carbocycles. The highest BCUT2D eigenvalue weighted by Gasteiger charge is 2.21. The second-order valence-electron chi connectivity index (χ2n) is 5.36. The van der Waals surface area contributed by atoms with Gasteiger partial charge in [0.05, 0.1) is 6.61 Å². The van der Waals surface area contributed by atoms with Gasteiger partial charge in [-0.1, -0.05) is 13.8 Å². The lowest BCUT2D eigenvalue weighted by Gasteiger charge is -2.16. The Hall–Kier alpha value is -0.120. The number of ether oxygens (including phenoxy) is 1. The summed E-state index contributed by atoms with van der Waals surface area (Å²) in [5, 5.41) is 3.49. The first-order valence-electron chi connectivity index (χ1n) is 6.64. The standard InChI is InChI=1S/C13H28N2O/c1-12(2)9-14-6-4-7-15-8-5-13(10-15)11-16-3/h12-14H,4-11H2,1-3H3. The van der Waals surface area contributed by atoms with Crippen LogP contribution in [0.3, 0.4) is 0 Å². The lowest BCUT2D eigenvalue weighted by atomic mass is 10.1. The van der Waals surface area contributed by atoms with E-state index < -0.39 is 0 Å². The van der Waals surface area contributed by atoms with E-state index in [9.17, 15) is 0 Å². The molecular weight excluding hydrogens is 200 g/mol. The largest absolute Gasteiger partial charge is 0.384 e. The van der Waals surface area contributed by atoms with Crippen molar-refractivity contribution in [2.45, 2.75) is 26.7 Å². The fourth-order valence-electron chi connectivity index (χ4n) is 2.31. The molecule has 3 heteroatoms. The van der Waals surface area contributed by atoms with Gasteiger partial charge in [0.1, 0.15) is 0 Å². The summed E-state index contributed by atoms with van der Waals surface area (Å²) in [7, 11) is 1.80. The van der Waals surface area contributed by atoms with E-state index in [-0.39, 0.29) is 0 Å². The van der Waals surface area contributed by atoms with Crippen molar-refractivity contribution < 1.29 is 4.74 Å². The Bertz CT molecular complexity index is 173. The summed E-state index contributed by atoms with van der Waals surface area (Å²) in [6.45, 7) is 11.5. The lowest BCUT2D eigenvalue weighted by Crippen LogP contribution is -2.27. The van der Waals surface area contributed by atoms with Gasteiger partial charge in [-0.3, -0.25) is 0 Å². The molecule has 1 N–H and O–H groups in total. The number of hydrogen-bond donors (Lipinski definition) is 1. The van der Waals surface area contributed by atoms with Crippen LogP contribution in [0.2, 0.25) is 0 Å². The molecule has 0 aromatic rings. The van der Waals surface area contributed by atoms with Gasteiger partial charge in [0.2, 0.25) is 0 Å². The summed E-state index contributed by atoms with van der Waals surface area (Å²) >= 11 is 0. The van der Waals surface area contributed by atoms with Gasteiger partial charge in [-0.2, -0.15) is 0 Å². The van der Waals surface area contributed by atoms with Crippen molar-refractivity contribution in [3.8, 4) is 0 Å². The van der Waals surface area contributed by atoms with Crippen molar-refractivity contribution in [2.24, 2.45) is 11.8 Å². The zero-order chi connectivity index (χ0) is 11.8. The van der Waals surface area contributed by atoms with E-state index in [2.05, 4.69) is 24.1 Å². The fraction of sp³-hybridized carbons (Fsp3) is 1.00. The molecule has 1 aliphatic heterocycles. The average Bonchev–Trinajstić information content (AvgIpc) is 2.65. The summed E-state index contributed by atoms with van der Waals surface area (Å²) in [4.78, 5) is 2.57. The van der Waals surface area contributed by atoms with Crippen LogP contribution < -0.4 is 5.32 Å². The van der Waals surface area contributed by atoms with Crippen molar-refractivity contribution in [1.29, 1.82) is 0 Å². The fourth-order valence-corrected chi connectivity index (χ4v) is 2.31. The monoisotopic (exact) mass is 228 g/mol. The highest BCUT2D eigenvalue weighted by Crippen LogP contribution is 2.15. The highest BCUT2D eigenvalue weighted by atomic mass is 16.5. The molecule has 3 nitrogen and oxygen atoms in total. The van der Waals surface area contributed by atoms with Crippen LogP contribution in [-0.4, -0.2) is 51.3 Å². The van der Waals surface area contributed by atoms with Gasteiger partial charge in [-0.25, -0.2) is 0 Å². The molecule has 0 aliphatic carbocycles. The molecular formula is C13H28N2O. The molecule has 0 amide bonds. The van der Waals surface area contributed by atoms with E-state index in [4.69, 9.17) is 4.74 Å². The molecule has 0 bridgehead atoms. The third-order valence-corrected chi connectivity index (χ3v) is 3.15. The summed E-state index contributed by atoms with van der Waals surface area (Å²) in [5.41, 5.74) is 0. The molecule has 1 unspecified atom stereocenters. The van der Waals surface area contributed by atoms with Gasteiger partial charge in [0, 0.05) is 13.7 Å². The van der Waals surface area contributed by atoms with Crippen LogP contribution in [-0.2, 0) is 4.74 Å². The van der Waals surface area contributed by atoms with Gasteiger partial charge in [-0.15, -0.1) is 0 Å². The number of likely N-dealkylation sites (tertiary alicyclic amines) is 1. The maximum absolute atomic E-state index is 5.20. The van der Waals surface area contributed by atoms with Crippen LogP contribution >= 0.6 is 0 Å². The van der Waals surface area contributed by atoms with Crippen LogP contribution in [0, 0.1) is 11.8 Å². The number of nitrogens with one attached hydrogen (secondary N) is 1. The Labute approximate surface area is 101 Å². The molecule has 0 spiro atoms. The predicted octanol–water partition coefficient (Wildman–Crippen LogP) is 1.59. The zero-order valence-corrected chi connectivity index (χ0v) is 11.2. The zero-order valence-electron chi connectivity index (χ0n) is 11.2. The van der Waals surface area contributed by atoms with Crippen molar-refractivity contribution in [2.75, 3.05) is 46.4 Å². The van der Waals surface area contributed by atoms with Crippen LogP contribution in [0.1, 0.15) is 26.7 Å². The lowest BCUT2D eigenvalue weighted by molar-refractivity contribution is 0.153. The van der Waals surface area contributed by atoms with Crippen molar-refractivity contribution in [1.82, 2.24) is 10.2 Å². The van der Waals surface area contributed by atoms with Gasteiger partial charge in [0.15, 0.2) is 0 Å². The Morgan fingerprint density at radius 3 is 2.94 bits per heavy atom. The Morgan fingerprint density at radius 1 is 1.44 bits per heavy atom. The van der Waals surface area contributed by atoms with Crippen LogP contribution in [0.25, 0.3) is 0 Å². The van der Waals surface area contributed by atoms with Crippen LogP contribution in [0.15, 0.2) is 0 Å². The van der Waals surface area contributed by atoms with Gasteiger partial charge < -0.3 is 15.0 Å². The normalized spacial score (nSPS) is 22.1. The van der Waals surface area contributed by atoms with Crippen LogP contribution in [0.5, 0.6) is 0 Å². The Morgan fingerprint density at radius 2 is 2.25 bits per heavy atom. The van der Waals surface area contributed by atoms with E-state index in [1.165, 1.54) is 32.5 Å². The van der Waals surface area contributed by atoms with Crippen LogP contribution in [0.4, 0.5) is 0 Å². The third kappa shape index (κ3) is 5.83. The summed E-state index contributed by atoms with van der Waals surface area (Å²) in [6.07, 6.45) is 2.58. The molecule has 1 fully saturated rings. The quantitative estimate of drug-likeness (QED) is 0.639. The van der Waals surface area contributed by atoms with Gasteiger partial charge in [0.25, 0.3) is 0 Å². The smallest absolute Gasteiger partial charge is 0.0503 e. The molecule has 1 aliphatic rings. The molecule has 1 heterocycles. The van der Waals surface area contributed by atoms with E-state index in [0.29, 0.717) is 0 Å². The molecule has 96 valence electrons. The summed E-state index contributed by atoms with van der Waals surface area (Å²) in [5.74, 6) is 1.53. The molecule has 1 rings (SSSR count). The summed E-state index contributed by atoms with van der Waals surface area (Å²) in [6, 6.07) is 0. The molecule has 0 radical (unpaired) electrons. The minimum atomic E-state index is 0.762. The highest BCUT2D eigenvalue weighted by molar-refractivity contribution is 4.75. The van der Waals surface area contributed by atoms with E-state index in [0.717, 1.165) is 31.5 Å². The van der Waals surface area contributed by atoms with Gasteiger partial charge in [-0.05, 0) is 50.9 Å². The average molecular weight is 228 g/mol. The predicted molar refractivity (Wildman–Crippen MR) is 68.7 cm³/mol. The number of nitrogens with zero attached hydrogens (tertiary/aromatic N) is 1. The SMILES string of the molecule is COCC1CCN(CCCNCC(C)C)C1. The van der Waals surface area contributed by atoms with Gasteiger partial charge >= 0.3 is 0 Å². The molecule has 16 heavy (non-hydrogen) atoms. The molecule has 0 aromatic heterocycles. The minimum Gasteiger partial charge on any atom is -0.384 e. The third-order valence-electron chi connectivity index (χ3n) is 3.15. The molecule has 1 saturated heterocycles. The van der Waals surface area contributed by atoms with Crippen molar-refractivity contribution >= 4 is 0 Å². The Balaban J connectivity index is 1.94. The first kappa shape index (κ1) is 13.9. The summed E-state index contributed by atoms with van der Waals surface area (Å²) < 4.78 is 5.20. The maximum atomic E-state index is 5.20. The number of hydrogen-bond acceptors (Lipinski definition) is 3. The first-order chi connectivity index (χ1) is 7.72. The molecule has 0 aromatic carbocycles. The Kier molecular flexibility index (Phi) is 7.01. The second-order valence-corrected chi connectivity index (χ2v) is 5.36. The van der Waals surface area contributed by atoms with E-state index in [1.54, 1.807) is 7.11 Å². The van der Waals surface area contributed by atoms with Crippen molar-refractivity contribution in [3.63, 3.8) is 0 Å². The number of methoxy groups -OCH3 is 1. The number of rotatable bonds is 8. The second kappa shape index (κ2) is 8.04. The maximum Gasteiger partial charge on any atom is 0.0503 e. The first-order valence-corrected chi connectivity index (χ1v) is 6.64. The topological polar surface area (TPSA) is 24.5 Å². The van der Waals surface area contributed by atoms with Crippen molar-refractivity contribution in [3.05, 3.63) is 0 Å². The minimum absolute atomic E-state index is 0.762. The van der Waals surface area contributed by atoms with E-state index >= 15 is 0 Å².